The minimum Gasteiger partial charge on any atom is -0.382 e. The fourth-order valence-electron chi connectivity index (χ4n) is 3.62. The quantitative estimate of drug-likeness (QED) is 0.343. The number of hydrazine groups is 1. The summed E-state index contributed by atoms with van der Waals surface area (Å²) in [5.74, 6) is -1.20. The van der Waals surface area contributed by atoms with Gasteiger partial charge in [0.15, 0.2) is 11.9 Å². The number of alkyl halides is 6. The molecule has 0 saturated heterocycles. The third-order valence-corrected chi connectivity index (χ3v) is 5.76. The van der Waals surface area contributed by atoms with E-state index in [1.807, 2.05) is 0 Å². The van der Waals surface area contributed by atoms with Gasteiger partial charge in [-0.1, -0.05) is 11.6 Å². The summed E-state index contributed by atoms with van der Waals surface area (Å²) < 4.78 is 78.2. The molecule has 3 aromatic rings. The number of hydrogen-bond acceptors (Lipinski definition) is 8. The number of benzene rings is 1. The van der Waals surface area contributed by atoms with Crippen molar-refractivity contribution in [3.63, 3.8) is 0 Å². The Morgan fingerprint density at radius 1 is 1.15 bits per heavy atom. The van der Waals surface area contributed by atoms with Crippen LogP contribution in [-0.4, -0.2) is 67.9 Å². The SMILES string of the molecule is O=C(NCC(F)(F)F)c1ccncc1N1C=NC(Cn2nc(-c3ccc(Cl)cc3)n(C[C@H](O)C(F)(F)F)c2=O)N1. The molecule has 1 amide bonds. The van der Waals surface area contributed by atoms with E-state index in [0.29, 0.717) is 9.59 Å². The molecule has 0 spiro atoms. The molecule has 1 unspecified atom stereocenters. The summed E-state index contributed by atoms with van der Waals surface area (Å²) >= 11 is 5.87. The predicted octanol–water partition coefficient (Wildman–Crippen LogP) is 2.35. The van der Waals surface area contributed by atoms with Gasteiger partial charge in [0, 0.05) is 16.8 Å². The van der Waals surface area contributed by atoms with Crippen LogP contribution in [0.3, 0.4) is 0 Å². The maximum atomic E-state index is 13.1. The normalized spacial score (nSPS) is 16.4. The summed E-state index contributed by atoms with van der Waals surface area (Å²) in [4.78, 5) is 33.4. The van der Waals surface area contributed by atoms with E-state index < -0.39 is 49.3 Å². The van der Waals surface area contributed by atoms with Gasteiger partial charge < -0.3 is 10.4 Å². The van der Waals surface area contributed by atoms with E-state index in [9.17, 15) is 41.0 Å². The zero-order valence-electron chi connectivity index (χ0n) is 20.0. The van der Waals surface area contributed by atoms with Crippen molar-refractivity contribution in [2.45, 2.75) is 37.7 Å². The van der Waals surface area contributed by atoms with Gasteiger partial charge in [0.2, 0.25) is 0 Å². The van der Waals surface area contributed by atoms with Crippen molar-refractivity contribution in [3.8, 4) is 11.4 Å². The van der Waals surface area contributed by atoms with Gasteiger partial charge in [-0.3, -0.25) is 24.3 Å². The monoisotopic (exact) mass is 592 g/mol. The molecule has 0 aliphatic carbocycles. The van der Waals surface area contributed by atoms with Crippen molar-refractivity contribution < 1.29 is 36.2 Å². The topological polar surface area (TPSA) is 130 Å². The maximum absolute atomic E-state index is 13.1. The van der Waals surface area contributed by atoms with E-state index in [1.165, 1.54) is 54.1 Å². The molecular formula is C22H19ClF6N8O3. The number of halogens is 7. The second kappa shape index (κ2) is 11.3. The number of rotatable bonds is 8. The molecule has 0 radical (unpaired) electrons. The van der Waals surface area contributed by atoms with Gasteiger partial charge in [-0.05, 0) is 30.3 Å². The number of aliphatic hydroxyl groups is 1. The molecule has 3 N–H and O–H groups in total. The number of nitrogens with one attached hydrogen (secondary N) is 2. The van der Waals surface area contributed by atoms with Crippen molar-refractivity contribution in [2.75, 3.05) is 11.6 Å². The average molecular weight is 593 g/mol. The molecule has 214 valence electrons. The predicted molar refractivity (Wildman–Crippen MR) is 130 cm³/mol. The highest BCUT2D eigenvalue weighted by Crippen LogP contribution is 2.25. The van der Waals surface area contributed by atoms with Crippen LogP contribution in [0.2, 0.25) is 5.02 Å². The molecular weight excluding hydrogens is 574 g/mol. The van der Waals surface area contributed by atoms with Crippen LogP contribution in [0.15, 0.2) is 52.5 Å². The number of aliphatic hydroxyl groups excluding tert-OH is 1. The molecule has 1 aliphatic rings. The molecule has 4 rings (SSSR count). The Labute approximate surface area is 225 Å². The highest BCUT2D eigenvalue weighted by atomic mass is 35.5. The summed E-state index contributed by atoms with van der Waals surface area (Å²) in [5, 5.41) is 17.0. The molecule has 3 heterocycles. The van der Waals surface area contributed by atoms with E-state index >= 15 is 0 Å². The molecule has 18 heteroatoms. The van der Waals surface area contributed by atoms with E-state index in [4.69, 9.17) is 11.6 Å². The molecule has 2 atom stereocenters. The molecule has 40 heavy (non-hydrogen) atoms. The number of nitrogens with zero attached hydrogens (tertiary/aromatic N) is 6. The van der Waals surface area contributed by atoms with Gasteiger partial charge in [-0.25, -0.2) is 14.9 Å². The summed E-state index contributed by atoms with van der Waals surface area (Å²) in [6.45, 7) is -2.99. The van der Waals surface area contributed by atoms with Gasteiger partial charge in [0.25, 0.3) is 5.91 Å². The van der Waals surface area contributed by atoms with Gasteiger partial charge in [-0.2, -0.15) is 26.3 Å². The molecule has 1 aliphatic heterocycles. The Bertz CT molecular complexity index is 1450. The highest BCUT2D eigenvalue weighted by molar-refractivity contribution is 6.30. The van der Waals surface area contributed by atoms with E-state index in [0.717, 1.165) is 4.68 Å². The first-order chi connectivity index (χ1) is 18.7. The Hall–Kier alpha value is -3.96. The lowest BCUT2D eigenvalue weighted by atomic mass is 10.2. The number of pyridine rings is 1. The molecule has 0 bridgehead atoms. The molecule has 2 aromatic heterocycles. The van der Waals surface area contributed by atoms with Crippen LogP contribution < -0.4 is 21.4 Å². The minimum absolute atomic E-state index is 0.0430. The second-order valence-electron chi connectivity index (χ2n) is 8.43. The Morgan fingerprint density at radius 3 is 2.50 bits per heavy atom. The van der Waals surface area contributed by atoms with Gasteiger partial charge in [-0.15, -0.1) is 5.10 Å². The van der Waals surface area contributed by atoms with E-state index in [1.54, 1.807) is 5.32 Å². The first-order valence-electron chi connectivity index (χ1n) is 11.3. The number of aliphatic imine (C=N–C) groups is 1. The molecule has 11 nitrogen and oxygen atoms in total. The number of carbonyl (C=O) groups is 1. The second-order valence-corrected chi connectivity index (χ2v) is 8.87. The van der Waals surface area contributed by atoms with Crippen molar-refractivity contribution in [1.82, 2.24) is 30.1 Å². The van der Waals surface area contributed by atoms with Crippen molar-refractivity contribution in [3.05, 3.63) is 63.8 Å². The number of amides is 1. The standard InChI is InChI=1S/C22H19ClF6N8O3/c23-13-3-1-12(2-4-13)18-34-36(20(40)35(18)8-16(38)22(27,28)29)9-17-32-11-37(33-17)15-7-30-6-5-14(15)19(39)31-10-21(24,25)26/h1-7,11,16-17,33,38H,8-10H2,(H,31,39)/t16-,17?/m0/s1. The third-order valence-electron chi connectivity index (χ3n) is 5.51. The number of anilines is 1. The Morgan fingerprint density at radius 2 is 1.85 bits per heavy atom. The molecule has 1 aromatic carbocycles. The summed E-state index contributed by atoms with van der Waals surface area (Å²) in [5.41, 5.74) is 1.97. The van der Waals surface area contributed by atoms with Crippen LogP contribution in [0.4, 0.5) is 32.0 Å². The lowest BCUT2D eigenvalue weighted by Crippen LogP contribution is -2.43. The Kier molecular flexibility index (Phi) is 8.18. The zero-order valence-corrected chi connectivity index (χ0v) is 20.7. The smallest absolute Gasteiger partial charge is 0.382 e. The van der Waals surface area contributed by atoms with Crippen molar-refractivity contribution in [1.29, 1.82) is 0 Å². The van der Waals surface area contributed by atoms with Crippen LogP contribution in [-0.2, 0) is 13.1 Å². The number of aromatic nitrogens is 4. The first-order valence-corrected chi connectivity index (χ1v) is 11.7. The molecule has 0 saturated carbocycles. The fourth-order valence-corrected chi connectivity index (χ4v) is 3.74. The average Bonchev–Trinajstić information content (AvgIpc) is 3.47. The lowest BCUT2D eigenvalue weighted by Gasteiger charge is -2.20. The van der Waals surface area contributed by atoms with Crippen LogP contribution >= 0.6 is 11.6 Å². The van der Waals surface area contributed by atoms with Crippen LogP contribution in [0, 0.1) is 0 Å². The van der Waals surface area contributed by atoms with Crippen LogP contribution in [0.25, 0.3) is 11.4 Å². The third kappa shape index (κ3) is 6.78. The van der Waals surface area contributed by atoms with Crippen molar-refractivity contribution >= 4 is 29.5 Å². The van der Waals surface area contributed by atoms with Gasteiger partial charge in [0.1, 0.15) is 19.0 Å². The van der Waals surface area contributed by atoms with Crippen LogP contribution in [0.5, 0.6) is 0 Å². The lowest BCUT2D eigenvalue weighted by molar-refractivity contribution is -0.207. The highest BCUT2D eigenvalue weighted by Gasteiger charge is 2.39. The largest absolute Gasteiger partial charge is 0.416 e. The number of hydrogen-bond donors (Lipinski definition) is 3. The van der Waals surface area contributed by atoms with E-state index in [2.05, 4.69) is 20.5 Å². The van der Waals surface area contributed by atoms with E-state index in [-0.39, 0.29) is 29.2 Å². The summed E-state index contributed by atoms with van der Waals surface area (Å²) in [6, 6.07) is 6.96. The van der Waals surface area contributed by atoms with Gasteiger partial charge >= 0.3 is 18.0 Å². The van der Waals surface area contributed by atoms with Crippen molar-refractivity contribution in [2.24, 2.45) is 4.99 Å². The van der Waals surface area contributed by atoms with Crippen LogP contribution in [0.1, 0.15) is 10.4 Å². The number of carbonyl (C=O) groups excluding carboxylic acids is 1. The first kappa shape index (κ1) is 29.0. The summed E-state index contributed by atoms with van der Waals surface area (Å²) in [6.07, 6.45) is -9.81. The minimum atomic E-state index is -5.00. The fraction of sp³-hybridized carbons (Fsp3) is 0.318. The maximum Gasteiger partial charge on any atom is 0.416 e. The van der Waals surface area contributed by atoms with Gasteiger partial charge in [0.05, 0.1) is 30.5 Å². The molecule has 0 fully saturated rings. The summed E-state index contributed by atoms with van der Waals surface area (Å²) in [7, 11) is 0. The zero-order chi connectivity index (χ0) is 29.2. The Balaban J connectivity index is 1.56.